The van der Waals surface area contributed by atoms with E-state index in [1.807, 2.05) is 12.1 Å². The van der Waals surface area contributed by atoms with Gasteiger partial charge in [-0.2, -0.15) is 12.6 Å². The summed E-state index contributed by atoms with van der Waals surface area (Å²) >= 11 is 4.37. The fourth-order valence-corrected chi connectivity index (χ4v) is 9.62. The average Bonchev–Trinajstić information content (AvgIpc) is 4.17. The molecule has 0 spiro atoms. The van der Waals surface area contributed by atoms with Gasteiger partial charge in [0.1, 0.15) is 54.4 Å². The van der Waals surface area contributed by atoms with Crippen molar-refractivity contribution in [1.82, 2.24) is 52.8 Å². The molecule has 0 radical (unpaired) electrons. The average molecular weight is 1200 g/mol. The Morgan fingerprint density at radius 2 is 0.965 bits per heavy atom. The predicted molar refractivity (Wildman–Crippen MR) is 321 cm³/mol. The van der Waals surface area contributed by atoms with Crippen LogP contribution in [0.15, 0.2) is 65.8 Å². The largest absolute Gasteiger partial charge is 0.370 e. The summed E-state index contributed by atoms with van der Waals surface area (Å²) in [5.41, 5.74) is 35.7. The second-order valence-electron chi connectivity index (χ2n) is 21.0. The Hall–Kier alpha value is -8.31. The normalized spacial score (nSPS) is 23.3. The van der Waals surface area contributed by atoms with Crippen LogP contribution in [0.3, 0.4) is 0 Å². The van der Waals surface area contributed by atoms with E-state index >= 15 is 0 Å². The Morgan fingerprint density at radius 3 is 1.48 bits per heavy atom. The molecular formula is C56H85N17O11S. The van der Waals surface area contributed by atoms with Crippen LogP contribution in [-0.4, -0.2) is 156 Å². The third kappa shape index (κ3) is 23.0. The lowest BCUT2D eigenvalue weighted by Gasteiger charge is -2.29. The van der Waals surface area contributed by atoms with Gasteiger partial charge in [-0.15, -0.1) is 0 Å². The maximum atomic E-state index is 14.8. The first-order chi connectivity index (χ1) is 40.6. The SMILES string of the molecule is CC[C@H](C)[C@@H]1NC(=O)[C@H](Cc2c[nH]c3ccccc23)NC(=O)[C@H](CCCCN)NC(=O)[C@H](CS)NC(=O)[C@H](CCCCN)NC(=O)[C@H](CCCN=C(N)N)NC(=O)[C@H](CCC(N)=O)NC(=O)[C@H](Cc2ccccc2)NC(=O)[C@H](CC(N)=O)NC1=O. The van der Waals surface area contributed by atoms with Crippen LogP contribution >= 0.6 is 12.6 Å². The minimum Gasteiger partial charge on any atom is -0.370 e. The Balaban J connectivity index is 1.92. The van der Waals surface area contributed by atoms with Crippen molar-refractivity contribution in [3.63, 3.8) is 0 Å². The van der Waals surface area contributed by atoms with Gasteiger partial charge in [0.15, 0.2) is 5.96 Å². The number of guanidine groups is 1. The highest BCUT2D eigenvalue weighted by atomic mass is 32.1. The molecule has 1 saturated heterocycles. The number of hydrogen-bond donors (Lipinski definition) is 17. The van der Waals surface area contributed by atoms with Crippen LogP contribution in [0.5, 0.6) is 0 Å². The van der Waals surface area contributed by atoms with Gasteiger partial charge in [-0.05, 0) is 94.0 Å². The number of carbonyl (C=O) groups excluding carboxylic acids is 11. The number of aromatic nitrogens is 1. The first-order valence-electron chi connectivity index (χ1n) is 28.5. The lowest BCUT2D eigenvalue weighted by molar-refractivity contribution is -0.137. The van der Waals surface area contributed by atoms with E-state index in [0.29, 0.717) is 42.2 Å². The van der Waals surface area contributed by atoms with Crippen molar-refractivity contribution in [2.45, 2.75) is 158 Å². The third-order valence-electron chi connectivity index (χ3n) is 14.3. The molecule has 85 heavy (non-hydrogen) atoms. The zero-order valence-electron chi connectivity index (χ0n) is 48.1. The number of nitrogens with two attached hydrogens (primary N) is 6. The van der Waals surface area contributed by atoms with Gasteiger partial charge in [-0.1, -0.05) is 68.8 Å². The number of nitrogens with zero attached hydrogens (tertiary/aromatic N) is 1. The van der Waals surface area contributed by atoms with Gasteiger partial charge < -0.3 is 87.2 Å². The number of H-pyrrole nitrogens is 1. The first-order valence-corrected chi connectivity index (χ1v) is 29.2. The molecule has 466 valence electrons. The number of primary amides is 2. The molecule has 1 aromatic heterocycles. The molecule has 29 heteroatoms. The van der Waals surface area contributed by atoms with E-state index in [9.17, 15) is 52.7 Å². The molecule has 1 fully saturated rings. The van der Waals surface area contributed by atoms with E-state index in [1.165, 1.54) is 0 Å². The highest BCUT2D eigenvalue weighted by Gasteiger charge is 2.38. The molecule has 0 aliphatic carbocycles. The molecule has 3 aromatic rings. The van der Waals surface area contributed by atoms with Crippen LogP contribution in [0.1, 0.15) is 102 Å². The van der Waals surface area contributed by atoms with E-state index in [2.05, 4.69) is 70.5 Å². The summed E-state index contributed by atoms with van der Waals surface area (Å²) in [5, 5.41) is 24.5. The number of hydrogen-bond acceptors (Lipinski definition) is 15. The standard InChI is InChI=1S/C56H85N17O11S/c1-3-31(2)46-55(84)71-42(28-45(60)75)52(81)69-40(26-32-14-5-4-6-15-32)51(80)68-39(21-22-44(59)74)50(79)66-38(20-13-25-63-56(61)62)47(76)65-37(19-10-12-24-58)49(78)72-43(30-85)54(83)67-36(18-9-11-23-57)48(77)70-41(53(82)73-46)27-33-29-64-35-17-8-7-16-34(33)35/h4-8,14-17,29,31,36-43,46,64,85H,3,9-13,18-28,30,57-58H2,1-2H3,(H2,59,74)(H2,60,75)(H,65,76)(H,66,79)(H,67,83)(H,68,80)(H,69,81)(H,70,77)(H,71,84)(H,72,78)(H,73,82)(H4,61,62,63)/t31-,36-,37-,38-,39-,40-,41-,42-,43-,46-/m0/s1. The molecule has 2 aromatic carbocycles. The summed E-state index contributed by atoms with van der Waals surface area (Å²) in [5.74, 6) is -11.4. The number of carbonyl (C=O) groups is 11. The maximum Gasteiger partial charge on any atom is 0.244 e. The van der Waals surface area contributed by atoms with Crippen molar-refractivity contribution in [2.75, 3.05) is 25.4 Å². The zero-order chi connectivity index (χ0) is 62.6. The van der Waals surface area contributed by atoms with Crippen LogP contribution in [-0.2, 0) is 65.6 Å². The molecular weight excluding hydrogens is 1120 g/mol. The number of benzene rings is 2. The van der Waals surface area contributed by atoms with Crippen LogP contribution < -0.4 is 82.3 Å². The van der Waals surface area contributed by atoms with E-state index in [0.717, 1.165) is 5.52 Å². The van der Waals surface area contributed by atoms with E-state index < -0.39 is 145 Å². The Bertz CT molecular complexity index is 2800. The number of unbranched alkanes of at least 4 members (excludes halogenated alkanes) is 2. The topological polar surface area (TPSA) is 480 Å². The van der Waals surface area contributed by atoms with Gasteiger partial charge >= 0.3 is 0 Å². The highest BCUT2D eigenvalue weighted by molar-refractivity contribution is 7.80. The predicted octanol–water partition coefficient (Wildman–Crippen LogP) is -3.24. The van der Waals surface area contributed by atoms with E-state index in [1.54, 1.807) is 62.5 Å². The van der Waals surface area contributed by atoms with Gasteiger partial charge in [-0.25, -0.2) is 0 Å². The van der Waals surface area contributed by atoms with Gasteiger partial charge in [0, 0.05) is 48.7 Å². The monoisotopic (exact) mass is 1200 g/mol. The summed E-state index contributed by atoms with van der Waals surface area (Å²) in [6.45, 7) is 3.84. The smallest absolute Gasteiger partial charge is 0.244 e. The molecule has 2 heterocycles. The molecule has 0 unspecified atom stereocenters. The number of nitrogens with one attached hydrogen (secondary N) is 10. The summed E-state index contributed by atoms with van der Waals surface area (Å²) in [6.07, 6.45) is 1.29. The van der Waals surface area contributed by atoms with Crippen LogP contribution in [0.4, 0.5) is 0 Å². The molecule has 22 N–H and O–H groups in total. The van der Waals surface area contributed by atoms with E-state index in [-0.39, 0.29) is 76.3 Å². The van der Waals surface area contributed by atoms with Crippen LogP contribution in [0, 0.1) is 5.92 Å². The van der Waals surface area contributed by atoms with Crippen LogP contribution in [0.25, 0.3) is 10.9 Å². The molecule has 11 amide bonds. The minimum absolute atomic E-state index is 0.00935. The molecule has 10 atom stereocenters. The molecule has 0 saturated carbocycles. The lowest BCUT2D eigenvalue weighted by atomic mass is 9.96. The van der Waals surface area contributed by atoms with Crippen molar-refractivity contribution in [2.24, 2.45) is 45.3 Å². The maximum absolute atomic E-state index is 14.8. The summed E-state index contributed by atoms with van der Waals surface area (Å²) in [6, 6.07) is 2.11. The van der Waals surface area contributed by atoms with Crippen molar-refractivity contribution in [3.05, 3.63) is 71.9 Å². The third-order valence-corrected chi connectivity index (χ3v) is 14.7. The van der Waals surface area contributed by atoms with Crippen molar-refractivity contribution in [1.29, 1.82) is 0 Å². The first kappa shape index (κ1) is 69.2. The second kappa shape index (κ2) is 35.7. The molecule has 4 rings (SSSR count). The number of rotatable bonds is 24. The number of para-hydroxylation sites is 1. The number of aromatic amines is 1. The van der Waals surface area contributed by atoms with Crippen molar-refractivity contribution < 1.29 is 52.7 Å². The summed E-state index contributed by atoms with van der Waals surface area (Å²) < 4.78 is 0. The molecule has 1 aliphatic rings. The number of aliphatic imine (C=N–C) groups is 1. The molecule has 0 bridgehead atoms. The minimum atomic E-state index is -1.77. The van der Waals surface area contributed by atoms with Gasteiger partial charge in [-0.3, -0.25) is 57.7 Å². The van der Waals surface area contributed by atoms with Gasteiger partial charge in [0.05, 0.1) is 6.42 Å². The lowest BCUT2D eigenvalue weighted by Crippen LogP contribution is -2.62. The highest BCUT2D eigenvalue weighted by Crippen LogP contribution is 2.21. The van der Waals surface area contributed by atoms with Crippen molar-refractivity contribution in [3.8, 4) is 0 Å². The Morgan fingerprint density at radius 1 is 0.518 bits per heavy atom. The van der Waals surface area contributed by atoms with Crippen LogP contribution in [0.2, 0.25) is 0 Å². The Kier molecular flexibility index (Phi) is 29.1. The fourth-order valence-electron chi connectivity index (χ4n) is 9.37. The summed E-state index contributed by atoms with van der Waals surface area (Å²) in [7, 11) is 0. The fraction of sp³-hybridized carbons (Fsp3) is 0.536. The number of fused-ring (bicyclic) bond motifs is 1. The van der Waals surface area contributed by atoms with Crippen molar-refractivity contribution >= 4 is 94.5 Å². The number of amides is 11. The molecule has 1 aliphatic heterocycles. The quantitative estimate of drug-likeness (QED) is 0.0181. The van der Waals surface area contributed by atoms with Gasteiger partial charge in [0.2, 0.25) is 65.0 Å². The summed E-state index contributed by atoms with van der Waals surface area (Å²) in [4.78, 5) is 163. The van der Waals surface area contributed by atoms with Gasteiger partial charge in [0.25, 0.3) is 0 Å². The van der Waals surface area contributed by atoms with E-state index in [4.69, 9.17) is 34.4 Å². The Labute approximate surface area is 499 Å². The zero-order valence-corrected chi connectivity index (χ0v) is 49.0. The number of thiol groups is 1. The molecule has 28 nitrogen and oxygen atoms in total. The second-order valence-corrected chi connectivity index (χ2v) is 21.4.